The first-order chi connectivity index (χ1) is 14.5. The molecule has 1 N–H and O–H groups in total. The molecule has 0 saturated carbocycles. The average molecular weight is 458 g/mol. The van der Waals surface area contributed by atoms with Crippen LogP contribution in [0, 0.1) is 6.92 Å². The smallest absolute Gasteiger partial charge is 0.137 e. The van der Waals surface area contributed by atoms with E-state index in [1.165, 1.54) is 15.5 Å². The van der Waals surface area contributed by atoms with Crippen LogP contribution in [0.15, 0.2) is 85.8 Å². The van der Waals surface area contributed by atoms with Crippen molar-refractivity contribution < 1.29 is 4.21 Å². The second-order valence-corrected chi connectivity index (χ2v) is 10.8. The number of nitrogens with zero attached hydrogens (tertiary/aromatic N) is 2. The molecule has 0 aromatic heterocycles. The van der Waals surface area contributed by atoms with Gasteiger partial charge in [0.05, 0.1) is 16.3 Å². The molecule has 1 aliphatic heterocycles. The highest BCUT2D eigenvalue weighted by atomic mass is 35.5. The molecule has 1 heterocycles. The molecule has 3 aromatic rings. The molecule has 0 aliphatic carbocycles. The topological polar surface area (TPSA) is 44.7 Å². The molecule has 0 spiro atoms. The molecule has 0 saturated heterocycles. The minimum atomic E-state index is -2.62. The number of halogens is 1. The van der Waals surface area contributed by atoms with Gasteiger partial charge in [0.15, 0.2) is 0 Å². The molecule has 1 atom stereocenters. The van der Waals surface area contributed by atoms with E-state index >= 15 is 0 Å². The van der Waals surface area contributed by atoms with Gasteiger partial charge in [0.25, 0.3) is 0 Å². The Morgan fingerprint density at radius 3 is 2.53 bits per heavy atom. The van der Waals surface area contributed by atoms with Crippen molar-refractivity contribution in [3.05, 3.63) is 77.3 Å². The van der Waals surface area contributed by atoms with Gasteiger partial charge in [0.1, 0.15) is 9.92 Å². The molecule has 0 bridgehead atoms. The van der Waals surface area contributed by atoms with Gasteiger partial charge in [-0.05, 0) is 55.8 Å². The molecule has 1 aliphatic rings. The first-order valence-electron chi connectivity index (χ1n) is 9.81. The SMILES string of the molecule is CN=S(=O)(NCCCN1c2ccccc2Sc2ccc(Cl)cc21)c1ccc(C)cc1. The molecule has 4 nitrogen and oxygen atoms in total. The van der Waals surface area contributed by atoms with Crippen molar-refractivity contribution in [3.63, 3.8) is 0 Å². The zero-order chi connectivity index (χ0) is 21.1. The van der Waals surface area contributed by atoms with Crippen LogP contribution in [0.3, 0.4) is 0 Å². The predicted octanol–water partition coefficient (Wildman–Crippen LogP) is 6.30. The van der Waals surface area contributed by atoms with E-state index in [0.717, 1.165) is 29.2 Å². The summed E-state index contributed by atoms with van der Waals surface area (Å²) in [5.41, 5.74) is 3.43. The number of anilines is 2. The summed E-state index contributed by atoms with van der Waals surface area (Å²) >= 11 is 8.05. The van der Waals surface area contributed by atoms with Crippen LogP contribution in [0.4, 0.5) is 11.4 Å². The Hall–Kier alpha value is -1.99. The third-order valence-electron chi connectivity index (χ3n) is 5.04. The monoisotopic (exact) mass is 457 g/mol. The van der Waals surface area contributed by atoms with E-state index in [1.54, 1.807) is 18.8 Å². The van der Waals surface area contributed by atoms with Crippen LogP contribution in [0.1, 0.15) is 12.0 Å². The first kappa shape index (κ1) is 21.2. The van der Waals surface area contributed by atoms with Crippen LogP contribution < -0.4 is 9.62 Å². The zero-order valence-electron chi connectivity index (χ0n) is 17.0. The van der Waals surface area contributed by atoms with Gasteiger partial charge in [-0.1, -0.05) is 53.2 Å². The van der Waals surface area contributed by atoms with Crippen molar-refractivity contribution in [2.75, 3.05) is 25.0 Å². The van der Waals surface area contributed by atoms with Crippen molar-refractivity contribution in [1.29, 1.82) is 0 Å². The van der Waals surface area contributed by atoms with E-state index in [0.29, 0.717) is 11.4 Å². The summed E-state index contributed by atoms with van der Waals surface area (Å²) in [6.07, 6.45) is 0.809. The summed E-state index contributed by atoms with van der Waals surface area (Å²) in [5.74, 6) is 0. The van der Waals surface area contributed by atoms with E-state index in [2.05, 4.69) is 44.3 Å². The molecule has 1 unspecified atom stereocenters. The Labute approximate surface area is 188 Å². The van der Waals surface area contributed by atoms with Crippen molar-refractivity contribution in [3.8, 4) is 0 Å². The molecular formula is C23H24ClN3OS2. The summed E-state index contributed by atoms with van der Waals surface area (Å²) in [6, 6.07) is 22.1. The lowest BCUT2D eigenvalue weighted by molar-refractivity contribution is 0.658. The van der Waals surface area contributed by atoms with Crippen molar-refractivity contribution in [2.45, 2.75) is 28.0 Å². The third kappa shape index (κ3) is 4.37. The number of aryl methyl sites for hydroxylation is 1. The molecular weight excluding hydrogens is 434 g/mol. The number of nitrogens with one attached hydrogen (secondary N) is 1. The van der Waals surface area contributed by atoms with Crippen molar-refractivity contribution in [1.82, 2.24) is 4.72 Å². The van der Waals surface area contributed by atoms with Gasteiger partial charge in [0, 0.05) is 35.0 Å². The normalized spacial score (nSPS) is 14.6. The quantitative estimate of drug-likeness (QED) is 0.441. The number of fused-ring (bicyclic) bond motifs is 2. The lowest BCUT2D eigenvalue weighted by Crippen LogP contribution is -2.29. The van der Waals surface area contributed by atoms with Crippen molar-refractivity contribution in [2.24, 2.45) is 4.36 Å². The maximum atomic E-state index is 13.2. The largest absolute Gasteiger partial charge is 0.340 e. The van der Waals surface area contributed by atoms with Crippen LogP contribution in [0.2, 0.25) is 5.02 Å². The molecule has 0 fully saturated rings. The van der Waals surface area contributed by atoms with Crippen molar-refractivity contribution >= 4 is 44.7 Å². The van der Waals surface area contributed by atoms with Crippen LogP contribution in [-0.2, 0) is 9.92 Å². The Morgan fingerprint density at radius 1 is 1.03 bits per heavy atom. The summed E-state index contributed by atoms with van der Waals surface area (Å²) in [5, 5.41) is 0.726. The van der Waals surface area contributed by atoms with Gasteiger partial charge in [-0.15, -0.1) is 0 Å². The number of hydrogen-bond donors (Lipinski definition) is 1. The highest BCUT2D eigenvalue weighted by Crippen LogP contribution is 2.48. The van der Waals surface area contributed by atoms with E-state index in [-0.39, 0.29) is 0 Å². The summed E-state index contributed by atoms with van der Waals surface area (Å²) < 4.78 is 20.6. The fourth-order valence-corrected chi connectivity index (χ4v) is 6.14. The molecule has 0 radical (unpaired) electrons. The van der Waals surface area contributed by atoms with Gasteiger partial charge < -0.3 is 4.90 Å². The van der Waals surface area contributed by atoms with Gasteiger partial charge in [0.2, 0.25) is 0 Å². The lowest BCUT2D eigenvalue weighted by Gasteiger charge is -2.33. The minimum absolute atomic E-state index is 0.589. The Balaban J connectivity index is 1.50. The lowest BCUT2D eigenvalue weighted by atomic mass is 10.2. The number of hydrogen-bond acceptors (Lipinski definition) is 4. The maximum absolute atomic E-state index is 13.2. The molecule has 3 aromatic carbocycles. The fraction of sp³-hybridized carbons (Fsp3) is 0.217. The molecule has 156 valence electrons. The van der Waals surface area contributed by atoms with Gasteiger partial charge in [-0.25, -0.2) is 13.3 Å². The Morgan fingerprint density at radius 2 is 1.77 bits per heavy atom. The number of rotatable bonds is 6. The van der Waals surface area contributed by atoms with E-state index < -0.39 is 9.92 Å². The Bertz CT molecular complexity index is 1170. The zero-order valence-corrected chi connectivity index (χ0v) is 19.4. The highest BCUT2D eigenvalue weighted by Gasteiger charge is 2.23. The highest BCUT2D eigenvalue weighted by molar-refractivity contribution is 7.99. The summed E-state index contributed by atoms with van der Waals surface area (Å²) in [4.78, 5) is 5.43. The standard InChI is InChI=1S/C23H24ClN3OS2/c1-17-8-11-19(12-9-17)30(28,25-2)26-14-5-15-27-20-6-3-4-7-22(20)29-23-13-10-18(24)16-21(23)27/h3-4,6-13,16H,5,14-15H2,1-2H3,(H,25,26,28). The molecule has 30 heavy (non-hydrogen) atoms. The maximum Gasteiger partial charge on any atom is 0.137 e. The van der Waals surface area contributed by atoms with Crippen LogP contribution in [0.5, 0.6) is 0 Å². The van der Waals surface area contributed by atoms with E-state index in [9.17, 15) is 4.21 Å². The molecule has 0 amide bonds. The number of para-hydroxylation sites is 1. The minimum Gasteiger partial charge on any atom is -0.340 e. The number of benzene rings is 3. The fourth-order valence-electron chi connectivity index (χ4n) is 3.47. The van der Waals surface area contributed by atoms with Gasteiger partial charge in [-0.3, -0.25) is 0 Å². The van der Waals surface area contributed by atoms with Crippen LogP contribution >= 0.6 is 23.4 Å². The second-order valence-electron chi connectivity index (χ2n) is 7.10. The predicted molar refractivity (Wildman–Crippen MR) is 128 cm³/mol. The van der Waals surface area contributed by atoms with Crippen LogP contribution in [-0.4, -0.2) is 24.3 Å². The summed E-state index contributed by atoms with van der Waals surface area (Å²) in [6.45, 7) is 3.39. The summed E-state index contributed by atoms with van der Waals surface area (Å²) in [7, 11) is -1.02. The second kappa shape index (κ2) is 9.02. The molecule has 4 rings (SSSR count). The van der Waals surface area contributed by atoms with E-state index in [4.69, 9.17) is 11.6 Å². The van der Waals surface area contributed by atoms with Gasteiger partial charge >= 0.3 is 0 Å². The van der Waals surface area contributed by atoms with E-state index in [1.807, 2.05) is 43.3 Å². The average Bonchev–Trinajstić information content (AvgIpc) is 2.76. The molecule has 7 heteroatoms. The van der Waals surface area contributed by atoms with Gasteiger partial charge in [-0.2, -0.15) is 0 Å². The third-order valence-corrected chi connectivity index (χ3v) is 8.43. The Kier molecular flexibility index (Phi) is 6.39. The first-order valence-corrected chi connectivity index (χ1v) is 12.5. The van der Waals surface area contributed by atoms with Crippen LogP contribution in [0.25, 0.3) is 0 Å².